The number of benzene rings is 2. The van der Waals surface area contributed by atoms with Gasteiger partial charge in [0, 0.05) is 17.7 Å². The first kappa shape index (κ1) is 14.4. The molecule has 1 unspecified atom stereocenters. The fourth-order valence-electron chi connectivity index (χ4n) is 2.17. The third-order valence-corrected chi connectivity index (χ3v) is 3.22. The molecule has 0 aliphatic carbocycles. The Balaban J connectivity index is 2.26. The molecule has 0 spiro atoms. The summed E-state index contributed by atoms with van der Waals surface area (Å²) in [6, 6.07) is 16.4. The van der Waals surface area contributed by atoms with Crippen LogP contribution < -0.4 is 0 Å². The number of aliphatic hydroxyl groups excluding tert-OH is 2. The maximum Gasteiger partial charge on any atom is 0.193 e. The normalized spacial score (nSPS) is 12.1. The zero-order valence-corrected chi connectivity index (χ0v) is 11.2. The van der Waals surface area contributed by atoms with Gasteiger partial charge < -0.3 is 10.2 Å². The van der Waals surface area contributed by atoms with Crippen LogP contribution >= 0.6 is 0 Å². The first-order valence-corrected chi connectivity index (χ1v) is 6.69. The predicted octanol–water partition coefficient (Wildman–Crippen LogP) is 2.20. The van der Waals surface area contributed by atoms with E-state index in [1.807, 2.05) is 36.4 Å². The van der Waals surface area contributed by atoms with Gasteiger partial charge in [-0.2, -0.15) is 0 Å². The molecule has 0 aliphatic heterocycles. The quantitative estimate of drug-likeness (QED) is 0.791. The highest BCUT2D eigenvalue weighted by molar-refractivity contribution is 6.09. The Morgan fingerprint density at radius 3 is 2.35 bits per heavy atom. The number of carbonyl (C=O) groups is 1. The molecule has 104 valence electrons. The molecule has 0 saturated carbocycles. The predicted molar refractivity (Wildman–Crippen MR) is 77.7 cm³/mol. The van der Waals surface area contributed by atoms with Crippen molar-refractivity contribution in [3.63, 3.8) is 0 Å². The lowest BCUT2D eigenvalue weighted by atomic mass is 9.94. The van der Waals surface area contributed by atoms with Crippen molar-refractivity contribution < 1.29 is 15.0 Å². The molecular formula is C17H18O3. The van der Waals surface area contributed by atoms with Crippen LogP contribution in [0.5, 0.6) is 0 Å². The van der Waals surface area contributed by atoms with E-state index < -0.39 is 6.10 Å². The van der Waals surface area contributed by atoms with E-state index in [2.05, 4.69) is 0 Å². The van der Waals surface area contributed by atoms with Crippen molar-refractivity contribution in [2.75, 3.05) is 6.61 Å². The number of rotatable bonds is 6. The molecule has 3 nitrogen and oxygen atoms in total. The highest BCUT2D eigenvalue weighted by atomic mass is 16.3. The standard InChI is InChI=1S/C17H18O3/c18-11-10-15(19)12-14-8-4-5-9-16(14)17(20)13-6-2-1-3-7-13/h1-9,15,18-19H,10-12H2. The minimum atomic E-state index is -0.635. The highest BCUT2D eigenvalue weighted by Crippen LogP contribution is 2.17. The first-order valence-electron chi connectivity index (χ1n) is 6.69. The van der Waals surface area contributed by atoms with Gasteiger partial charge >= 0.3 is 0 Å². The minimum Gasteiger partial charge on any atom is -0.396 e. The second-order valence-electron chi connectivity index (χ2n) is 4.72. The van der Waals surface area contributed by atoms with Gasteiger partial charge in [-0.3, -0.25) is 4.79 Å². The summed E-state index contributed by atoms with van der Waals surface area (Å²) in [5, 5.41) is 18.7. The van der Waals surface area contributed by atoms with Gasteiger partial charge in [0.2, 0.25) is 0 Å². The van der Waals surface area contributed by atoms with Crippen molar-refractivity contribution in [2.24, 2.45) is 0 Å². The Hall–Kier alpha value is -1.97. The molecule has 0 aromatic heterocycles. The zero-order chi connectivity index (χ0) is 14.4. The molecule has 0 bridgehead atoms. The summed E-state index contributed by atoms with van der Waals surface area (Å²) in [4.78, 5) is 12.5. The molecule has 2 aromatic carbocycles. The van der Waals surface area contributed by atoms with Crippen LogP contribution in [0.15, 0.2) is 54.6 Å². The fourth-order valence-corrected chi connectivity index (χ4v) is 2.17. The van der Waals surface area contributed by atoms with E-state index >= 15 is 0 Å². The van der Waals surface area contributed by atoms with Gasteiger partial charge in [0.05, 0.1) is 6.10 Å². The topological polar surface area (TPSA) is 57.5 Å². The van der Waals surface area contributed by atoms with Crippen molar-refractivity contribution in [3.05, 3.63) is 71.3 Å². The maximum absolute atomic E-state index is 12.5. The van der Waals surface area contributed by atoms with E-state index in [9.17, 15) is 9.90 Å². The second kappa shape index (κ2) is 6.98. The first-order chi connectivity index (χ1) is 9.72. The van der Waals surface area contributed by atoms with E-state index in [1.54, 1.807) is 18.2 Å². The third kappa shape index (κ3) is 3.53. The molecule has 0 heterocycles. The van der Waals surface area contributed by atoms with Gasteiger partial charge in [0.15, 0.2) is 5.78 Å². The van der Waals surface area contributed by atoms with E-state index in [0.29, 0.717) is 24.0 Å². The average molecular weight is 270 g/mol. The average Bonchev–Trinajstić information content (AvgIpc) is 2.48. The van der Waals surface area contributed by atoms with E-state index in [4.69, 9.17) is 5.11 Å². The molecule has 0 saturated heterocycles. The van der Waals surface area contributed by atoms with Crippen LogP contribution in [0.1, 0.15) is 27.9 Å². The van der Waals surface area contributed by atoms with Crippen LogP contribution in [0.3, 0.4) is 0 Å². The molecule has 2 rings (SSSR count). The third-order valence-electron chi connectivity index (χ3n) is 3.22. The molecule has 0 aliphatic rings. The van der Waals surface area contributed by atoms with Crippen LogP contribution in [0.4, 0.5) is 0 Å². The summed E-state index contributed by atoms with van der Waals surface area (Å²) in [6.45, 7) is -0.0596. The van der Waals surface area contributed by atoms with Crippen LogP contribution in [0.2, 0.25) is 0 Å². The molecule has 20 heavy (non-hydrogen) atoms. The summed E-state index contributed by atoms with van der Waals surface area (Å²) in [5.41, 5.74) is 2.05. The smallest absolute Gasteiger partial charge is 0.193 e. The zero-order valence-electron chi connectivity index (χ0n) is 11.2. The lowest BCUT2D eigenvalue weighted by molar-refractivity contribution is 0.103. The number of ketones is 1. The van der Waals surface area contributed by atoms with Crippen molar-refractivity contribution in [1.82, 2.24) is 0 Å². The highest BCUT2D eigenvalue weighted by Gasteiger charge is 2.15. The summed E-state index contributed by atoms with van der Waals surface area (Å²) in [7, 11) is 0. The molecule has 2 N–H and O–H groups in total. The Labute approximate surface area is 118 Å². The van der Waals surface area contributed by atoms with Gasteiger partial charge in [0.1, 0.15) is 0 Å². The maximum atomic E-state index is 12.5. The van der Waals surface area contributed by atoms with Gasteiger partial charge in [-0.15, -0.1) is 0 Å². The minimum absolute atomic E-state index is 0.0441. The van der Waals surface area contributed by atoms with Gasteiger partial charge in [-0.25, -0.2) is 0 Å². The summed E-state index contributed by atoms with van der Waals surface area (Å²) in [5.74, 6) is -0.0441. The van der Waals surface area contributed by atoms with Crippen molar-refractivity contribution in [3.8, 4) is 0 Å². The molecule has 1 atom stereocenters. The fraction of sp³-hybridized carbons (Fsp3) is 0.235. The van der Waals surface area contributed by atoms with Gasteiger partial charge in [-0.05, 0) is 18.4 Å². The van der Waals surface area contributed by atoms with Crippen molar-refractivity contribution in [2.45, 2.75) is 18.9 Å². The Bertz CT molecular complexity index is 563. The SMILES string of the molecule is O=C(c1ccccc1)c1ccccc1CC(O)CCO. The van der Waals surface area contributed by atoms with E-state index in [0.717, 1.165) is 5.56 Å². The molecular weight excluding hydrogens is 252 g/mol. The van der Waals surface area contributed by atoms with Gasteiger partial charge in [-0.1, -0.05) is 54.6 Å². The molecule has 0 fully saturated rings. The number of aliphatic hydroxyl groups is 2. The molecule has 2 aromatic rings. The molecule has 0 radical (unpaired) electrons. The number of carbonyl (C=O) groups excluding carboxylic acids is 1. The van der Waals surface area contributed by atoms with E-state index in [-0.39, 0.29) is 12.4 Å². The largest absolute Gasteiger partial charge is 0.396 e. The monoisotopic (exact) mass is 270 g/mol. The number of hydrogen-bond donors (Lipinski definition) is 2. The van der Waals surface area contributed by atoms with E-state index in [1.165, 1.54) is 0 Å². The Morgan fingerprint density at radius 2 is 1.65 bits per heavy atom. The van der Waals surface area contributed by atoms with Crippen molar-refractivity contribution in [1.29, 1.82) is 0 Å². The Kier molecular flexibility index (Phi) is 5.04. The molecule has 3 heteroatoms. The summed E-state index contributed by atoms with van der Waals surface area (Å²) in [6.07, 6.45) is 0.0492. The Morgan fingerprint density at radius 1 is 1.00 bits per heavy atom. The lowest BCUT2D eigenvalue weighted by Crippen LogP contribution is -2.15. The van der Waals surface area contributed by atoms with Crippen LogP contribution in [-0.2, 0) is 6.42 Å². The van der Waals surface area contributed by atoms with Crippen LogP contribution in [0.25, 0.3) is 0 Å². The van der Waals surface area contributed by atoms with Crippen molar-refractivity contribution >= 4 is 5.78 Å². The number of hydrogen-bond acceptors (Lipinski definition) is 3. The van der Waals surface area contributed by atoms with Crippen LogP contribution in [0, 0.1) is 0 Å². The van der Waals surface area contributed by atoms with Gasteiger partial charge in [0.25, 0.3) is 0 Å². The second-order valence-corrected chi connectivity index (χ2v) is 4.72. The molecule has 0 amide bonds. The lowest BCUT2D eigenvalue weighted by Gasteiger charge is -2.12. The summed E-state index contributed by atoms with van der Waals surface area (Å²) < 4.78 is 0. The summed E-state index contributed by atoms with van der Waals surface area (Å²) >= 11 is 0. The van der Waals surface area contributed by atoms with Crippen LogP contribution in [-0.4, -0.2) is 28.7 Å².